The summed E-state index contributed by atoms with van der Waals surface area (Å²) in [6.07, 6.45) is 2.91. The average Bonchev–Trinajstić information content (AvgIpc) is 2.92. The van der Waals surface area contributed by atoms with Crippen LogP contribution >= 0.6 is 11.6 Å². The molecule has 2 heterocycles. The van der Waals surface area contributed by atoms with E-state index in [1.165, 1.54) is 17.2 Å². The first kappa shape index (κ1) is 15.9. The Balaban J connectivity index is 1.70. The molecular formula is C20H21ClFNO. The Morgan fingerprint density at radius 1 is 1.21 bits per heavy atom. The second-order valence-electron chi connectivity index (χ2n) is 6.99. The molecule has 1 unspecified atom stereocenters. The number of hydrogen-bond donors (Lipinski definition) is 1. The van der Waals surface area contributed by atoms with Gasteiger partial charge in [0.25, 0.3) is 0 Å². The molecule has 0 aliphatic carbocycles. The predicted molar refractivity (Wildman–Crippen MR) is 94.4 cm³/mol. The van der Waals surface area contributed by atoms with Crippen molar-refractivity contribution in [3.8, 4) is 5.75 Å². The van der Waals surface area contributed by atoms with E-state index in [0.29, 0.717) is 22.9 Å². The first-order chi connectivity index (χ1) is 11.6. The molecule has 0 amide bonds. The van der Waals surface area contributed by atoms with Crippen LogP contribution in [0.2, 0.25) is 5.02 Å². The molecule has 2 aromatic carbocycles. The molecule has 0 spiro atoms. The van der Waals surface area contributed by atoms with Crippen LogP contribution in [0.4, 0.5) is 4.39 Å². The van der Waals surface area contributed by atoms with Gasteiger partial charge < -0.3 is 10.1 Å². The topological polar surface area (TPSA) is 21.3 Å². The predicted octanol–water partition coefficient (Wildman–Crippen LogP) is 4.80. The number of fused-ring (bicyclic) bond motifs is 1. The second-order valence-corrected chi connectivity index (χ2v) is 7.43. The van der Waals surface area contributed by atoms with Crippen molar-refractivity contribution in [1.82, 2.24) is 5.32 Å². The number of hydrogen-bond acceptors (Lipinski definition) is 2. The number of para-hydroxylation sites is 1. The Morgan fingerprint density at radius 3 is 2.75 bits per heavy atom. The minimum absolute atomic E-state index is 0.304. The van der Waals surface area contributed by atoms with Crippen LogP contribution in [0.5, 0.6) is 5.75 Å². The van der Waals surface area contributed by atoms with Crippen molar-refractivity contribution in [2.75, 3.05) is 13.1 Å². The highest BCUT2D eigenvalue weighted by atomic mass is 35.5. The van der Waals surface area contributed by atoms with Gasteiger partial charge in [-0.25, -0.2) is 4.39 Å². The SMILES string of the molecule is CC1(c2ccc(Cl)cc2F)Cc2cccc(C3CCNCC3)c2O1. The fourth-order valence-electron chi connectivity index (χ4n) is 4.02. The fourth-order valence-corrected chi connectivity index (χ4v) is 4.17. The van der Waals surface area contributed by atoms with E-state index in [-0.39, 0.29) is 5.82 Å². The molecule has 126 valence electrons. The van der Waals surface area contributed by atoms with Crippen molar-refractivity contribution in [3.63, 3.8) is 0 Å². The second kappa shape index (κ2) is 6.05. The maximum Gasteiger partial charge on any atom is 0.138 e. The summed E-state index contributed by atoms with van der Waals surface area (Å²) in [5.74, 6) is 1.17. The summed E-state index contributed by atoms with van der Waals surface area (Å²) in [6.45, 7) is 4.04. The molecule has 0 saturated carbocycles. The molecule has 2 aliphatic heterocycles. The van der Waals surface area contributed by atoms with Gasteiger partial charge in [-0.1, -0.05) is 35.9 Å². The maximum absolute atomic E-state index is 14.5. The first-order valence-corrected chi connectivity index (χ1v) is 8.92. The van der Waals surface area contributed by atoms with Crippen LogP contribution in [0, 0.1) is 5.82 Å². The highest BCUT2D eigenvalue weighted by molar-refractivity contribution is 6.30. The quantitative estimate of drug-likeness (QED) is 0.844. The lowest BCUT2D eigenvalue weighted by atomic mass is 9.87. The largest absolute Gasteiger partial charge is 0.482 e. The van der Waals surface area contributed by atoms with E-state index in [9.17, 15) is 4.39 Å². The minimum atomic E-state index is -0.681. The Kier molecular flexibility index (Phi) is 4.01. The van der Waals surface area contributed by atoms with E-state index in [2.05, 4.69) is 23.5 Å². The zero-order valence-electron chi connectivity index (χ0n) is 13.7. The Hall–Kier alpha value is -1.58. The molecule has 1 N–H and O–H groups in total. The third kappa shape index (κ3) is 2.70. The van der Waals surface area contributed by atoms with Crippen LogP contribution in [0.1, 0.15) is 42.4 Å². The molecule has 1 atom stereocenters. The monoisotopic (exact) mass is 345 g/mol. The smallest absolute Gasteiger partial charge is 0.138 e. The molecule has 24 heavy (non-hydrogen) atoms. The summed E-state index contributed by atoms with van der Waals surface area (Å²) in [4.78, 5) is 0. The van der Waals surface area contributed by atoms with Gasteiger partial charge in [0, 0.05) is 17.0 Å². The molecule has 1 saturated heterocycles. The standard InChI is InChI=1S/C20H21ClFNO/c1-20(17-6-5-15(21)11-18(17)22)12-14-3-2-4-16(19(14)24-20)13-7-9-23-10-8-13/h2-6,11,13,23H,7-10,12H2,1H3. The van der Waals surface area contributed by atoms with Gasteiger partial charge in [0.05, 0.1) is 0 Å². The van der Waals surface area contributed by atoms with Crippen molar-refractivity contribution in [2.24, 2.45) is 0 Å². The van der Waals surface area contributed by atoms with Gasteiger partial charge in [-0.2, -0.15) is 0 Å². The molecule has 0 aromatic heterocycles. The van der Waals surface area contributed by atoms with E-state index >= 15 is 0 Å². The third-order valence-electron chi connectivity index (χ3n) is 5.26. The first-order valence-electron chi connectivity index (χ1n) is 8.54. The van der Waals surface area contributed by atoms with Gasteiger partial charge in [0.2, 0.25) is 0 Å². The van der Waals surface area contributed by atoms with Gasteiger partial charge >= 0.3 is 0 Å². The van der Waals surface area contributed by atoms with Crippen LogP contribution < -0.4 is 10.1 Å². The van der Waals surface area contributed by atoms with Crippen LogP contribution in [0.3, 0.4) is 0 Å². The van der Waals surface area contributed by atoms with Crippen molar-refractivity contribution >= 4 is 11.6 Å². The van der Waals surface area contributed by atoms with Gasteiger partial charge in [-0.05, 0) is 62.0 Å². The maximum atomic E-state index is 14.5. The number of nitrogens with one attached hydrogen (secondary N) is 1. The van der Waals surface area contributed by atoms with Crippen molar-refractivity contribution < 1.29 is 9.13 Å². The van der Waals surface area contributed by atoms with Crippen molar-refractivity contribution in [2.45, 2.75) is 37.7 Å². The lowest BCUT2D eigenvalue weighted by Gasteiger charge is -2.28. The highest BCUT2D eigenvalue weighted by Crippen LogP contribution is 2.47. The zero-order chi connectivity index (χ0) is 16.7. The Morgan fingerprint density at radius 2 is 2.00 bits per heavy atom. The Bertz CT molecular complexity index is 772. The van der Waals surface area contributed by atoms with Gasteiger partial charge in [0.15, 0.2) is 0 Å². The molecule has 2 aromatic rings. The summed E-state index contributed by atoms with van der Waals surface area (Å²) < 4.78 is 20.8. The fraction of sp³-hybridized carbons (Fsp3) is 0.400. The molecule has 4 heteroatoms. The summed E-state index contributed by atoms with van der Waals surface area (Å²) in [7, 11) is 0. The molecule has 2 nitrogen and oxygen atoms in total. The molecule has 1 fully saturated rings. The van der Waals surface area contributed by atoms with E-state index in [1.54, 1.807) is 12.1 Å². The van der Waals surface area contributed by atoms with Gasteiger partial charge in [-0.3, -0.25) is 0 Å². The average molecular weight is 346 g/mol. The number of piperidine rings is 1. The molecule has 0 radical (unpaired) electrons. The number of benzene rings is 2. The van der Waals surface area contributed by atoms with Crippen molar-refractivity contribution in [1.29, 1.82) is 0 Å². The van der Waals surface area contributed by atoms with E-state index in [1.807, 2.05) is 6.92 Å². The highest BCUT2D eigenvalue weighted by Gasteiger charge is 2.40. The normalized spacial score (nSPS) is 23.8. The summed E-state index contributed by atoms with van der Waals surface area (Å²) in [5, 5.41) is 3.81. The summed E-state index contributed by atoms with van der Waals surface area (Å²) in [5.41, 5.74) is 2.33. The third-order valence-corrected chi connectivity index (χ3v) is 5.50. The lowest BCUT2D eigenvalue weighted by Crippen LogP contribution is -2.29. The molecule has 0 bridgehead atoms. The summed E-state index contributed by atoms with van der Waals surface area (Å²) >= 11 is 5.90. The molecular weight excluding hydrogens is 325 g/mol. The van der Waals surface area contributed by atoms with Crippen molar-refractivity contribution in [3.05, 3.63) is 63.9 Å². The van der Waals surface area contributed by atoms with Crippen LogP contribution in [-0.4, -0.2) is 13.1 Å². The van der Waals surface area contributed by atoms with Gasteiger partial charge in [0.1, 0.15) is 17.2 Å². The number of rotatable bonds is 2. The van der Waals surface area contributed by atoms with Gasteiger partial charge in [-0.15, -0.1) is 0 Å². The molecule has 2 aliphatic rings. The number of halogens is 2. The molecule has 4 rings (SSSR count). The van der Waals surface area contributed by atoms with Crippen LogP contribution in [0.15, 0.2) is 36.4 Å². The lowest BCUT2D eigenvalue weighted by molar-refractivity contribution is 0.109. The van der Waals surface area contributed by atoms with Crippen LogP contribution in [0.25, 0.3) is 0 Å². The zero-order valence-corrected chi connectivity index (χ0v) is 14.5. The van der Waals surface area contributed by atoms with E-state index < -0.39 is 5.60 Å². The van der Waals surface area contributed by atoms with E-state index in [0.717, 1.165) is 31.7 Å². The Labute approximate surface area is 147 Å². The minimum Gasteiger partial charge on any atom is -0.482 e. The van der Waals surface area contributed by atoms with E-state index in [4.69, 9.17) is 16.3 Å². The number of ether oxygens (including phenoxy) is 1. The van der Waals surface area contributed by atoms with Crippen LogP contribution in [-0.2, 0) is 12.0 Å². The summed E-state index contributed by atoms with van der Waals surface area (Å²) in [6, 6.07) is 11.2.